The van der Waals surface area contributed by atoms with Gasteiger partial charge in [-0.2, -0.15) is 0 Å². The van der Waals surface area contributed by atoms with Gasteiger partial charge in [-0.1, -0.05) is 0 Å². The second kappa shape index (κ2) is 3.57. The van der Waals surface area contributed by atoms with E-state index in [1.54, 1.807) is 0 Å². The Morgan fingerprint density at radius 3 is 1.40 bits per heavy atom. The van der Waals surface area contributed by atoms with Gasteiger partial charge in [0.25, 0.3) is 0 Å². The lowest BCUT2D eigenvalue weighted by Crippen LogP contribution is -2.47. The second-order valence-corrected chi connectivity index (χ2v) is 6.01. The normalized spacial score (nSPS) is 28.7. The van der Waals surface area contributed by atoms with Gasteiger partial charge in [0, 0.05) is 0 Å². The Hall–Kier alpha value is -0.390. The van der Waals surface area contributed by atoms with E-state index in [-0.39, 0.29) is 10.2 Å². The molecule has 0 bridgehead atoms. The van der Waals surface area contributed by atoms with Gasteiger partial charge in [0.15, 0.2) is 0 Å². The molecule has 0 amide bonds. The monoisotopic (exact) mass is 232 g/mol. The highest BCUT2D eigenvalue weighted by Crippen LogP contribution is 2.44. The molecule has 1 fully saturated rings. The zero-order valence-electron chi connectivity index (χ0n) is 9.27. The molecule has 2 unspecified atom stereocenters. The van der Waals surface area contributed by atoms with Gasteiger partial charge in [-0.25, -0.2) is 0 Å². The molecule has 2 N–H and O–H groups in total. The predicted octanol–water partition coefficient (Wildman–Crippen LogP) is 0.561. The Bertz CT molecular complexity index is 268. The summed E-state index contributed by atoms with van der Waals surface area (Å²) in [6, 6.07) is 0. The lowest BCUT2D eigenvalue weighted by Gasteiger charge is -2.34. The van der Waals surface area contributed by atoms with E-state index in [4.69, 9.17) is 0 Å². The van der Waals surface area contributed by atoms with Crippen LogP contribution in [0.4, 0.5) is 0 Å². The maximum absolute atomic E-state index is 11.6. The van der Waals surface area contributed by atoms with Crippen LogP contribution in [0, 0.1) is 11.8 Å². The summed E-state index contributed by atoms with van der Waals surface area (Å²) >= 11 is 0.593. The molecule has 2 atom stereocenters. The molecule has 1 aliphatic rings. The minimum Gasteiger partial charge on any atom is -0.390 e. The van der Waals surface area contributed by atoms with Gasteiger partial charge in [0.2, 0.25) is 10.2 Å². The predicted molar refractivity (Wildman–Crippen MR) is 57.2 cm³/mol. The van der Waals surface area contributed by atoms with Crippen LogP contribution in [0.2, 0.25) is 0 Å². The highest BCUT2D eigenvalue weighted by Gasteiger charge is 2.55. The van der Waals surface area contributed by atoms with Crippen molar-refractivity contribution < 1.29 is 19.8 Å². The van der Waals surface area contributed by atoms with Crippen LogP contribution in [0.25, 0.3) is 0 Å². The van der Waals surface area contributed by atoms with Crippen molar-refractivity contribution in [2.75, 3.05) is 0 Å². The highest BCUT2D eigenvalue weighted by molar-refractivity contribution is 8.26. The summed E-state index contributed by atoms with van der Waals surface area (Å²) in [5.74, 6) is -1.68. The van der Waals surface area contributed by atoms with Crippen LogP contribution in [0.1, 0.15) is 27.7 Å². The summed E-state index contributed by atoms with van der Waals surface area (Å²) in [6.45, 7) is 5.92. The van der Waals surface area contributed by atoms with Crippen LogP contribution >= 0.6 is 11.8 Å². The van der Waals surface area contributed by atoms with Crippen molar-refractivity contribution in [3.63, 3.8) is 0 Å². The van der Waals surface area contributed by atoms with Crippen LogP contribution in [0.5, 0.6) is 0 Å². The summed E-state index contributed by atoms with van der Waals surface area (Å²) in [5, 5.41) is 19.0. The van der Waals surface area contributed by atoms with Crippen LogP contribution in [-0.4, -0.2) is 31.6 Å². The van der Waals surface area contributed by atoms with Crippen molar-refractivity contribution in [2.45, 2.75) is 38.9 Å². The molecule has 1 heterocycles. The maximum Gasteiger partial charge on any atom is 0.203 e. The third-order valence-electron chi connectivity index (χ3n) is 2.56. The topological polar surface area (TPSA) is 74.6 Å². The minimum atomic E-state index is -1.29. The summed E-state index contributed by atoms with van der Waals surface area (Å²) in [5.41, 5.74) is -2.58. The van der Waals surface area contributed by atoms with Crippen LogP contribution in [0.3, 0.4) is 0 Å². The fourth-order valence-electron chi connectivity index (χ4n) is 1.89. The smallest absolute Gasteiger partial charge is 0.203 e. The van der Waals surface area contributed by atoms with Gasteiger partial charge >= 0.3 is 0 Å². The van der Waals surface area contributed by atoms with E-state index in [0.29, 0.717) is 11.8 Å². The van der Waals surface area contributed by atoms with Crippen LogP contribution in [0.15, 0.2) is 0 Å². The van der Waals surface area contributed by atoms with Gasteiger partial charge in [-0.3, -0.25) is 9.59 Å². The number of hydrogen-bond donors (Lipinski definition) is 2. The first-order valence-electron chi connectivity index (χ1n) is 4.75. The molecule has 0 aromatic rings. The van der Waals surface area contributed by atoms with Crippen molar-refractivity contribution in [1.82, 2.24) is 0 Å². The van der Waals surface area contributed by atoms with Crippen molar-refractivity contribution in [1.29, 1.82) is 0 Å². The zero-order chi connectivity index (χ0) is 12.0. The van der Waals surface area contributed by atoms with E-state index < -0.39 is 23.0 Å². The standard InChI is InChI=1S/C10H16O4S/c1-9(2,13)5-6(10(3,4)14)8(12)15-7(5)11/h5-6,13-14H,1-4H3. The van der Waals surface area contributed by atoms with Gasteiger partial charge in [-0.05, 0) is 39.5 Å². The molecule has 1 rings (SSSR count). The molecular formula is C10H16O4S. The number of carbonyl (C=O) groups is 2. The van der Waals surface area contributed by atoms with Gasteiger partial charge in [0.05, 0.1) is 23.0 Å². The number of carbonyl (C=O) groups excluding carboxylic acids is 2. The first-order valence-corrected chi connectivity index (χ1v) is 5.57. The lowest BCUT2D eigenvalue weighted by atomic mass is 9.74. The third-order valence-corrected chi connectivity index (χ3v) is 3.47. The van der Waals surface area contributed by atoms with E-state index in [2.05, 4.69) is 0 Å². The molecule has 86 valence electrons. The molecule has 15 heavy (non-hydrogen) atoms. The van der Waals surface area contributed by atoms with Crippen molar-refractivity contribution in [3.05, 3.63) is 0 Å². The summed E-state index contributed by atoms with van der Waals surface area (Å²) in [7, 11) is 0. The summed E-state index contributed by atoms with van der Waals surface area (Å²) in [4.78, 5) is 23.1. The van der Waals surface area contributed by atoms with Crippen LogP contribution < -0.4 is 0 Å². The van der Waals surface area contributed by atoms with E-state index >= 15 is 0 Å². The molecule has 0 saturated carbocycles. The quantitative estimate of drug-likeness (QED) is 0.727. The SMILES string of the molecule is CC(C)(O)C1C(=O)SC(=O)C1C(C)(C)O. The van der Waals surface area contributed by atoms with E-state index in [1.165, 1.54) is 27.7 Å². The maximum atomic E-state index is 11.6. The number of aliphatic hydroxyl groups is 2. The molecular weight excluding hydrogens is 216 g/mol. The number of hydrogen-bond acceptors (Lipinski definition) is 5. The van der Waals surface area contributed by atoms with Crippen molar-refractivity contribution in [2.24, 2.45) is 11.8 Å². The fourth-order valence-corrected chi connectivity index (χ4v) is 3.19. The Morgan fingerprint density at radius 1 is 0.933 bits per heavy atom. The average Bonchev–Trinajstić information content (AvgIpc) is 2.22. The molecule has 0 aliphatic carbocycles. The molecule has 1 saturated heterocycles. The summed E-state index contributed by atoms with van der Waals surface area (Å²) < 4.78 is 0. The third kappa shape index (κ3) is 2.41. The summed E-state index contributed by atoms with van der Waals surface area (Å²) in [6.07, 6.45) is 0. The Balaban J connectivity index is 3.12. The average molecular weight is 232 g/mol. The molecule has 0 aromatic carbocycles. The number of rotatable bonds is 2. The Morgan fingerprint density at radius 2 is 1.20 bits per heavy atom. The van der Waals surface area contributed by atoms with Crippen molar-refractivity contribution >= 4 is 22.0 Å². The van der Waals surface area contributed by atoms with Gasteiger partial charge in [0.1, 0.15) is 0 Å². The lowest BCUT2D eigenvalue weighted by molar-refractivity contribution is -0.140. The van der Waals surface area contributed by atoms with Crippen LogP contribution in [-0.2, 0) is 9.59 Å². The molecule has 0 aromatic heterocycles. The van der Waals surface area contributed by atoms with E-state index in [1.807, 2.05) is 0 Å². The molecule has 4 nitrogen and oxygen atoms in total. The molecule has 0 spiro atoms. The zero-order valence-corrected chi connectivity index (χ0v) is 10.1. The molecule has 0 radical (unpaired) electrons. The Labute approximate surface area is 93.1 Å². The van der Waals surface area contributed by atoms with Crippen molar-refractivity contribution in [3.8, 4) is 0 Å². The first-order chi connectivity index (χ1) is 6.55. The number of thioether (sulfide) groups is 1. The van der Waals surface area contributed by atoms with E-state index in [0.717, 1.165) is 0 Å². The first kappa shape index (κ1) is 12.7. The minimum absolute atomic E-state index is 0.361. The van der Waals surface area contributed by atoms with Gasteiger partial charge in [-0.15, -0.1) is 0 Å². The molecule has 5 heteroatoms. The largest absolute Gasteiger partial charge is 0.390 e. The Kier molecular flexibility index (Phi) is 3.02. The highest BCUT2D eigenvalue weighted by atomic mass is 32.2. The second-order valence-electron chi connectivity index (χ2n) is 5.00. The van der Waals surface area contributed by atoms with Gasteiger partial charge < -0.3 is 10.2 Å². The fraction of sp³-hybridized carbons (Fsp3) is 0.800. The molecule has 1 aliphatic heterocycles. The van der Waals surface area contributed by atoms with E-state index in [9.17, 15) is 19.8 Å².